The zero-order valence-corrected chi connectivity index (χ0v) is 14.8. The minimum Gasteiger partial charge on any atom is -0.448 e. The number of benzene rings is 1. The molecule has 0 spiro atoms. The number of aromatic nitrogens is 1. The van der Waals surface area contributed by atoms with Crippen LogP contribution in [0, 0.1) is 0 Å². The van der Waals surface area contributed by atoms with Gasteiger partial charge in [0.25, 0.3) is 5.91 Å². The molecule has 1 amide bonds. The number of carbonyl (C=O) groups excluding carboxylic acids is 3. The lowest BCUT2D eigenvalue weighted by molar-refractivity contribution is -0.123. The highest BCUT2D eigenvalue weighted by Gasteiger charge is 2.21. The van der Waals surface area contributed by atoms with Gasteiger partial charge in [-0.3, -0.25) is 9.59 Å². The van der Waals surface area contributed by atoms with Crippen molar-refractivity contribution in [1.29, 1.82) is 0 Å². The fourth-order valence-electron chi connectivity index (χ4n) is 2.34. The van der Waals surface area contributed by atoms with Gasteiger partial charge in [0, 0.05) is 17.4 Å². The average molecular weight is 342 g/mol. The van der Waals surface area contributed by atoms with Gasteiger partial charge in [0.05, 0.1) is 0 Å². The number of H-pyrrole nitrogens is 1. The smallest absolute Gasteiger partial charge is 0.355 e. The van der Waals surface area contributed by atoms with Gasteiger partial charge >= 0.3 is 5.97 Å². The van der Waals surface area contributed by atoms with Crippen LogP contribution in [0.1, 0.15) is 60.0 Å². The van der Waals surface area contributed by atoms with Gasteiger partial charge in [0.1, 0.15) is 5.69 Å². The number of anilines is 1. The molecule has 1 aromatic heterocycles. The Bertz CT molecular complexity index is 792. The highest BCUT2D eigenvalue weighted by molar-refractivity contribution is 5.99. The van der Waals surface area contributed by atoms with E-state index in [1.54, 1.807) is 0 Å². The predicted molar refractivity (Wildman–Crippen MR) is 94.8 cm³/mol. The molecule has 6 nitrogen and oxygen atoms in total. The number of carbonyl (C=O) groups is 3. The van der Waals surface area contributed by atoms with Crippen molar-refractivity contribution < 1.29 is 19.1 Å². The van der Waals surface area contributed by atoms with Crippen molar-refractivity contribution in [2.45, 2.75) is 39.7 Å². The van der Waals surface area contributed by atoms with Crippen LogP contribution in [0.25, 0.3) is 0 Å². The summed E-state index contributed by atoms with van der Waals surface area (Å²) < 4.78 is 5.17. The van der Waals surface area contributed by atoms with Crippen molar-refractivity contribution in [3.63, 3.8) is 0 Å². The molecule has 0 saturated carbocycles. The summed E-state index contributed by atoms with van der Waals surface area (Å²) in [5, 5.41) is 2.79. The summed E-state index contributed by atoms with van der Waals surface area (Å²) in [5.74, 6) is -1.02. The molecule has 0 aliphatic heterocycles. The molecule has 132 valence electrons. The van der Waals surface area contributed by atoms with Crippen molar-refractivity contribution in [3.05, 3.63) is 53.3 Å². The van der Waals surface area contributed by atoms with E-state index in [4.69, 9.17) is 4.74 Å². The van der Waals surface area contributed by atoms with Gasteiger partial charge in [-0.25, -0.2) is 4.79 Å². The van der Waals surface area contributed by atoms with E-state index in [9.17, 15) is 14.4 Å². The van der Waals surface area contributed by atoms with E-state index in [1.807, 2.05) is 38.1 Å². The molecule has 0 aliphatic rings. The summed E-state index contributed by atoms with van der Waals surface area (Å²) in [6.07, 6.45) is 0.458. The van der Waals surface area contributed by atoms with Crippen molar-refractivity contribution in [3.8, 4) is 0 Å². The molecule has 0 unspecified atom stereocenters. The Labute approximate surface area is 146 Å². The maximum atomic E-state index is 12.3. The molecule has 6 heteroatoms. The summed E-state index contributed by atoms with van der Waals surface area (Å²) in [7, 11) is 0. The molecule has 0 radical (unpaired) electrons. The number of Topliss-reactive ketones (excluding diaryl/α,β-unsaturated/α-hetero) is 1. The number of amides is 1. The molecule has 0 fully saturated rings. The summed E-state index contributed by atoms with van der Waals surface area (Å²) in [6.45, 7) is 6.97. The van der Waals surface area contributed by atoms with Gasteiger partial charge in [-0.2, -0.15) is 0 Å². The monoisotopic (exact) mass is 342 g/mol. The average Bonchev–Trinajstić information content (AvgIpc) is 3.05. The van der Waals surface area contributed by atoms with Gasteiger partial charge in [-0.1, -0.05) is 32.0 Å². The fraction of sp³-hybridized carbons (Fsp3) is 0.316. The van der Waals surface area contributed by atoms with E-state index < -0.39 is 18.0 Å². The lowest BCUT2D eigenvalue weighted by atomic mass is 10.0. The number of aromatic amines is 1. The zero-order valence-electron chi connectivity index (χ0n) is 14.8. The minimum atomic E-state index is -0.975. The highest BCUT2D eigenvalue weighted by atomic mass is 16.5. The number of ether oxygens (including phenoxy) is 1. The SMILES string of the molecule is CC(=O)c1c[nH]c(C(=O)O[C@H](C)C(=O)Nc2ccccc2C(C)C)c1. The summed E-state index contributed by atoms with van der Waals surface area (Å²) in [5.41, 5.74) is 2.22. The Hall–Kier alpha value is -2.89. The van der Waals surface area contributed by atoms with Gasteiger partial charge < -0.3 is 15.0 Å². The van der Waals surface area contributed by atoms with Gasteiger partial charge in [0.2, 0.25) is 0 Å². The third-order valence-corrected chi connectivity index (χ3v) is 3.80. The molecule has 2 N–H and O–H groups in total. The Kier molecular flexibility index (Phi) is 5.75. The molecule has 25 heavy (non-hydrogen) atoms. The summed E-state index contributed by atoms with van der Waals surface area (Å²) in [4.78, 5) is 38.3. The number of ketones is 1. The van der Waals surface area contributed by atoms with Gasteiger partial charge in [0.15, 0.2) is 11.9 Å². The van der Waals surface area contributed by atoms with Crippen LogP contribution in [0.4, 0.5) is 5.69 Å². The largest absolute Gasteiger partial charge is 0.448 e. The first-order chi connectivity index (χ1) is 11.8. The number of nitrogens with one attached hydrogen (secondary N) is 2. The van der Waals surface area contributed by atoms with Crippen LogP contribution in [-0.4, -0.2) is 28.7 Å². The second-order valence-electron chi connectivity index (χ2n) is 6.14. The second kappa shape index (κ2) is 7.79. The number of hydrogen-bond acceptors (Lipinski definition) is 4. The molecular weight excluding hydrogens is 320 g/mol. The Balaban J connectivity index is 2.02. The van der Waals surface area contributed by atoms with Crippen LogP contribution in [0.15, 0.2) is 36.5 Å². The van der Waals surface area contributed by atoms with Crippen molar-refractivity contribution >= 4 is 23.3 Å². The molecule has 1 aromatic carbocycles. The van der Waals surface area contributed by atoms with E-state index in [2.05, 4.69) is 10.3 Å². The summed E-state index contributed by atoms with van der Waals surface area (Å²) in [6, 6.07) is 8.90. The van der Waals surface area contributed by atoms with Crippen LogP contribution in [0.3, 0.4) is 0 Å². The molecule has 0 aliphatic carbocycles. The normalized spacial score (nSPS) is 11.9. The standard InChI is InChI=1S/C19H22N2O4/c1-11(2)15-7-5-6-8-16(15)21-18(23)13(4)25-19(24)17-9-14(10-20-17)12(3)22/h5-11,13,20H,1-4H3,(H,21,23)/t13-/m1/s1. The zero-order chi connectivity index (χ0) is 18.6. The molecular formula is C19H22N2O4. The molecule has 1 heterocycles. The van der Waals surface area contributed by atoms with Crippen molar-refractivity contribution in [2.24, 2.45) is 0 Å². The van der Waals surface area contributed by atoms with Crippen molar-refractivity contribution in [1.82, 2.24) is 4.98 Å². The van der Waals surface area contributed by atoms with E-state index in [0.29, 0.717) is 11.3 Å². The van der Waals surface area contributed by atoms with E-state index in [-0.39, 0.29) is 17.4 Å². The van der Waals surface area contributed by atoms with Crippen LogP contribution in [0.5, 0.6) is 0 Å². The quantitative estimate of drug-likeness (QED) is 0.621. The molecule has 1 atom stereocenters. The Morgan fingerprint density at radius 2 is 1.80 bits per heavy atom. The minimum absolute atomic E-state index is 0.132. The first-order valence-electron chi connectivity index (χ1n) is 8.09. The van der Waals surface area contributed by atoms with Crippen molar-refractivity contribution in [2.75, 3.05) is 5.32 Å². The molecule has 2 aromatic rings. The maximum Gasteiger partial charge on any atom is 0.355 e. The first kappa shape index (κ1) is 18.4. The topological polar surface area (TPSA) is 88.3 Å². The Morgan fingerprint density at radius 3 is 2.40 bits per heavy atom. The number of hydrogen-bond donors (Lipinski definition) is 2. The number of esters is 1. The van der Waals surface area contributed by atoms with Crippen LogP contribution in [-0.2, 0) is 9.53 Å². The van der Waals surface area contributed by atoms with Gasteiger partial charge in [-0.05, 0) is 37.5 Å². The van der Waals surface area contributed by atoms with E-state index >= 15 is 0 Å². The predicted octanol–water partition coefficient (Wildman–Crippen LogP) is 3.52. The molecule has 2 rings (SSSR count). The molecule has 0 bridgehead atoms. The van der Waals surface area contributed by atoms with Gasteiger partial charge in [-0.15, -0.1) is 0 Å². The van der Waals surface area contributed by atoms with Crippen LogP contribution < -0.4 is 5.32 Å². The van der Waals surface area contributed by atoms with E-state index in [1.165, 1.54) is 26.1 Å². The maximum absolute atomic E-state index is 12.3. The Morgan fingerprint density at radius 1 is 1.12 bits per heavy atom. The lowest BCUT2D eigenvalue weighted by Gasteiger charge is -2.16. The van der Waals surface area contributed by atoms with E-state index in [0.717, 1.165) is 5.56 Å². The number of para-hydroxylation sites is 1. The lowest BCUT2D eigenvalue weighted by Crippen LogP contribution is -2.30. The fourth-order valence-corrected chi connectivity index (χ4v) is 2.34. The molecule has 0 saturated heterocycles. The highest BCUT2D eigenvalue weighted by Crippen LogP contribution is 2.23. The third kappa shape index (κ3) is 4.56. The summed E-state index contributed by atoms with van der Waals surface area (Å²) >= 11 is 0. The second-order valence-corrected chi connectivity index (χ2v) is 6.14. The first-order valence-corrected chi connectivity index (χ1v) is 8.09. The van der Waals surface area contributed by atoms with Crippen LogP contribution in [0.2, 0.25) is 0 Å². The number of rotatable bonds is 6. The third-order valence-electron chi connectivity index (χ3n) is 3.80. The van der Waals surface area contributed by atoms with Crippen LogP contribution >= 0.6 is 0 Å².